The molecular formula is C23H24N4. The van der Waals surface area contributed by atoms with Crippen molar-refractivity contribution >= 4 is 10.9 Å². The monoisotopic (exact) mass is 356 g/mol. The molecule has 0 saturated carbocycles. The second-order valence-electron chi connectivity index (χ2n) is 7.24. The predicted molar refractivity (Wildman–Crippen MR) is 111 cm³/mol. The van der Waals surface area contributed by atoms with Gasteiger partial charge in [0.05, 0.1) is 23.2 Å². The topological polar surface area (TPSA) is 56.7 Å². The Hall–Kier alpha value is -2.98. The van der Waals surface area contributed by atoms with E-state index in [-0.39, 0.29) is 0 Å². The lowest BCUT2D eigenvalue weighted by Crippen LogP contribution is -2.00. The molecule has 4 nitrogen and oxygen atoms in total. The van der Waals surface area contributed by atoms with Crippen LogP contribution < -0.4 is 5.73 Å². The van der Waals surface area contributed by atoms with Gasteiger partial charge >= 0.3 is 0 Å². The Morgan fingerprint density at radius 2 is 1.70 bits per heavy atom. The van der Waals surface area contributed by atoms with Gasteiger partial charge in [-0.3, -0.25) is 4.98 Å². The van der Waals surface area contributed by atoms with E-state index in [1.165, 1.54) is 22.3 Å². The molecule has 0 bridgehead atoms. The van der Waals surface area contributed by atoms with Gasteiger partial charge in [0.15, 0.2) is 0 Å². The van der Waals surface area contributed by atoms with E-state index < -0.39 is 0 Å². The Bertz CT molecular complexity index is 1130. The number of benzene rings is 2. The van der Waals surface area contributed by atoms with E-state index in [2.05, 4.69) is 66.7 Å². The second kappa shape index (κ2) is 6.63. The van der Waals surface area contributed by atoms with Crippen LogP contribution in [0.15, 0.2) is 48.9 Å². The number of rotatable bonds is 3. The van der Waals surface area contributed by atoms with Gasteiger partial charge in [0.25, 0.3) is 0 Å². The smallest absolute Gasteiger partial charge is 0.0968 e. The lowest BCUT2D eigenvalue weighted by molar-refractivity contribution is 0.922. The molecular weight excluding hydrogens is 332 g/mol. The molecule has 27 heavy (non-hydrogen) atoms. The van der Waals surface area contributed by atoms with E-state index in [9.17, 15) is 0 Å². The number of nitrogens with zero attached hydrogens (tertiary/aromatic N) is 3. The maximum absolute atomic E-state index is 5.85. The minimum absolute atomic E-state index is 0.547. The van der Waals surface area contributed by atoms with E-state index >= 15 is 0 Å². The summed E-state index contributed by atoms with van der Waals surface area (Å²) in [6.45, 7) is 6.91. The first-order valence-electron chi connectivity index (χ1n) is 9.17. The second-order valence-corrected chi connectivity index (χ2v) is 7.24. The first kappa shape index (κ1) is 17.4. The summed E-state index contributed by atoms with van der Waals surface area (Å²) in [6.07, 6.45) is 3.77. The number of aryl methyl sites for hydroxylation is 4. The standard InChI is InChI=1S/C23H24N4/c1-14-5-6-18-19(7-8-25-20(18)9-14)23-22(26-13-27(23)4)21-15(2)10-17(12-24)11-16(21)3/h5-11,13H,12,24H2,1-4H3. The van der Waals surface area contributed by atoms with E-state index in [1.54, 1.807) is 0 Å². The molecule has 2 aromatic heterocycles. The maximum atomic E-state index is 5.85. The number of aromatic nitrogens is 3. The van der Waals surface area contributed by atoms with Crippen LogP contribution in [0, 0.1) is 20.8 Å². The normalized spacial score (nSPS) is 11.3. The molecule has 0 aliphatic heterocycles. The van der Waals surface area contributed by atoms with Gasteiger partial charge < -0.3 is 10.3 Å². The number of fused-ring (bicyclic) bond motifs is 1. The van der Waals surface area contributed by atoms with Crippen LogP contribution in [0.2, 0.25) is 0 Å². The molecule has 0 atom stereocenters. The van der Waals surface area contributed by atoms with Crippen molar-refractivity contribution in [2.75, 3.05) is 0 Å². The highest BCUT2D eigenvalue weighted by molar-refractivity contribution is 5.97. The minimum Gasteiger partial charge on any atom is -0.333 e. The van der Waals surface area contributed by atoms with Gasteiger partial charge in [-0.05, 0) is 55.2 Å². The lowest BCUT2D eigenvalue weighted by Gasteiger charge is -2.14. The van der Waals surface area contributed by atoms with Gasteiger partial charge in [-0.2, -0.15) is 0 Å². The minimum atomic E-state index is 0.547. The molecule has 4 rings (SSSR count). The van der Waals surface area contributed by atoms with Crippen molar-refractivity contribution in [3.63, 3.8) is 0 Å². The summed E-state index contributed by atoms with van der Waals surface area (Å²) in [4.78, 5) is 9.33. The molecule has 4 heteroatoms. The van der Waals surface area contributed by atoms with Crippen LogP contribution in [0.25, 0.3) is 33.4 Å². The molecule has 0 aliphatic rings. The maximum Gasteiger partial charge on any atom is 0.0968 e. The number of nitrogens with two attached hydrogens (primary N) is 1. The highest BCUT2D eigenvalue weighted by Crippen LogP contribution is 2.37. The Morgan fingerprint density at radius 1 is 0.963 bits per heavy atom. The van der Waals surface area contributed by atoms with Crippen molar-refractivity contribution in [3.05, 3.63) is 71.2 Å². The zero-order valence-corrected chi connectivity index (χ0v) is 16.2. The van der Waals surface area contributed by atoms with Gasteiger partial charge in [0.2, 0.25) is 0 Å². The number of hydrogen-bond donors (Lipinski definition) is 1. The van der Waals surface area contributed by atoms with Crippen LogP contribution >= 0.6 is 0 Å². The molecule has 0 fully saturated rings. The molecule has 0 saturated heterocycles. The molecule has 0 spiro atoms. The van der Waals surface area contributed by atoms with Crippen LogP contribution in [-0.4, -0.2) is 14.5 Å². The average molecular weight is 356 g/mol. The zero-order valence-electron chi connectivity index (χ0n) is 16.2. The van der Waals surface area contributed by atoms with E-state index in [0.717, 1.165) is 33.4 Å². The zero-order chi connectivity index (χ0) is 19.1. The third-order valence-corrected chi connectivity index (χ3v) is 5.16. The molecule has 136 valence electrons. The quantitative estimate of drug-likeness (QED) is 0.579. The van der Waals surface area contributed by atoms with Crippen molar-refractivity contribution in [3.8, 4) is 22.5 Å². The van der Waals surface area contributed by atoms with Crippen LogP contribution in [0.3, 0.4) is 0 Å². The van der Waals surface area contributed by atoms with Crippen molar-refractivity contribution in [2.24, 2.45) is 12.8 Å². The van der Waals surface area contributed by atoms with Gasteiger partial charge in [0.1, 0.15) is 0 Å². The summed E-state index contributed by atoms with van der Waals surface area (Å²) in [6, 6.07) is 12.8. The Morgan fingerprint density at radius 3 is 2.41 bits per heavy atom. The summed E-state index contributed by atoms with van der Waals surface area (Å²) >= 11 is 0. The van der Waals surface area contributed by atoms with Crippen LogP contribution in [0.5, 0.6) is 0 Å². The average Bonchev–Trinajstić information content (AvgIpc) is 3.01. The van der Waals surface area contributed by atoms with E-state index in [0.29, 0.717) is 6.54 Å². The number of imidazole rings is 1. The van der Waals surface area contributed by atoms with Gasteiger partial charge in [-0.15, -0.1) is 0 Å². The summed E-state index contributed by atoms with van der Waals surface area (Å²) in [5, 5.41) is 1.14. The third-order valence-electron chi connectivity index (χ3n) is 5.16. The highest BCUT2D eigenvalue weighted by Gasteiger charge is 2.19. The first-order valence-corrected chi connectivity index (χ1v) is 9.17. The van der Waals surface area contributed by atoms with Gasteiger partial charge in [-0.25, -0.2) is 4.98 Å². The fourth-order valence-corrected chi connectivity index (χ4v) is 3.94. The SMILES string of the molecule is Cc1ccc2c(-c3c(-c4c(C)cc(CN)cc4C)ncn3C)ccnc2c1. The van der Waals surface area contributed by atoms with Crippen LogP contribution in [0.1, 0.15) is 22.3 Å². The molecule has 0 amide bonds. The molecule has 0 radical (unpaired) electrons. The van der Waals surface area contributed by atoms with Crippen LogP contribution in [-0.2, 0) is 13.6 Å². The summed E-state index contributed by atoms with van der Waals surface area (Å²) in [5.74, 6) is 0. The van der Waals surface area contributed by atoms with Crippen molar-refractivity contribution < 1.29 is 0 Å². The molecule has 0 unspecified atom stereocenters. The third kappa shape index (κ3) is 2.92. The first-order chi connectivity index (χ1) is 13.0. The number of pyridine rings is 1. The Balaban J connectivity index is 2.00. The Labute approximate surface area is 159 Å². The summed E-state index contributed by atoms with van der Waals surface area (Å²) < 4.78 is 2.10. The molecule has 0 aliphatic carbocycles. The van der Waals surface area contributed by atoms with E-state index in [1.807, 2.05) is 19.6 Å². The van der Waals surface area contributed by atoms with Crippen molar-refractivity contribution in [2.45, 2.75) is 27.3 Å². The predicted octanol–water partition coefficient (Wildman–Crippen LogP) is 4.69. The molecule has 2 aromatic carbocycles. The van der Waals surface area contributed by atoms with E-state index in [4.69, 9.17) is 10.7 Å². The lowest BCUT2D eigenvalue weighted by atomic mass is 9.93. The molecule has 2 N–H and O–H groups in total. The fraction of sp³-hybridized carbons (Fsp3) is 0.217. The Kier molecular flexibility index (Phi) is 4.28. The largest absolute Gasteiger partial charge is 0.333 e. The van der Waals surface area contributed by atoms with Gasteiger partial charge in [-0.1, -0.05) is 24.3 Å². The van der Waals surface area contributed by atoms with Gasteiger partial charge in [0, 0.05) is 36.3 Å². The molecule has 2 heterocycles. The highest BCUT2D eigenvalue weighted by atomic mass is 15.0. The summed E-state index contributed by atoms with van der Waals surface area (Å²) in [5.41, 5.74) is 16.1. The number of hydrogen-bond acceptors (Lipinski definition) is 3. The van der Waals surface area contributed by atoms with Crippen molar-refractivity contribution in [1.29, 1.82) is 0 Å². The van der Waals surface area contributed by atoms with Crippen molar-refractivity contribution in [1.82, 2.24) is 14.5 Å². The fourth-order valence-electron chi connectivity index (χ4n) is 3.94. The molecule has 4 aromatic rings. The summed E-state index contributed by atoms with van der Waals surface area (Å²) in [7, 11) is 2.05. The van der Waals surface area contributed by atoms with Crippen LogP contribution in [0.4, 0.5) is 0 Å².